The van der Waals surface area contributed by atoms with Crippen LogP contribution >= 0.6 is 0 Å². The molecule has 4 heteroatoms. The number of ether oxygens (including phenoxy) is 3. The molecule has 24 heavy (non-hydrogen) atoms. The number of epoxide rings is 1. The van der Waals surface area contributed by atoms with Crippen molar-refractivity contribution in [3.63, 3.8) is 0 Å². The zero-order valence-corrected chi connectivity index (χ0v) is 14.5. The maximum atomic E-state index is 11.4. The van der Waals surface area contributed by atoms with Gasteiger partial charge in [-0.3, -0.25) is 4.79 Å². The Morgan fingerprint density at radius 3 is 2.96 bits per heavy atom. The van der Waals surface area contributed by atoms with Crippen LogP contribution in [0.2, 0.25) is 0 Å². The number of esters is 1. The molecule has 1 heterocycles. The van der Waals surface area contributed by atoms with Crippen molar-refractivity contribution >= 4 is 18.1 Å². The van der Waals surface area contributed by atoms with E-state index in [1.165, 1.54) is 0 Å². The van der Waals surface area contributed by atoms with Crippen molar-refractivity contribution in [2.24, 2.45) is 0 Å². The van der Waals surface area contributed by atoms with E-state index in [2.05, 4.69) is 12.6 Å². The van der Waals surface area contributed by atoms with Gasteiger partial charge in [-0.05, 0) is 37.0 Å². The molecular weight excluding hydrogens is 304 g/mol. The molecule has 0 N–H and O–H groups in total. The summed E-state index contributed by atoms with van der Waals surface area (Å²) >= 11 is 0. The molecule has 2 rings (SSSR count). The molecule has 0 bridgehead atoms. The molecule has 1 aromatic rings. The molecule has 0 aliphatic carbocycles. The molecule has 0 aromatic heterocycles. The van der Waals surface area contributed by atoms with Crippen molar-refractivity contribution in [1.82, 2.24) is 0 Å². The van der Waals surface area contributed by atoms with Crippen LogP contribution in [0.3, 0.4) is 0 Å². The van der Waals surface area contributed by atoms with Gasteiger partial charge in [0.2, 0.25) is 0 Å². The summed E-state index contributed by atoms with van der Waals surface area (Å²) in [7, 11) is 0. The Morgan fingerprint density at radius 2 is 2.29 bits per heavy atom. The second kappa shape index (κ2) is 9.40. The monoisotopic (exact) mass is 330 g/mol. The van der Waals surface area contributed by atoms with Gasteiger partial charge in [-0.1, -0.05) is 43.0 Å². The molecule has 1 aliphatic rings. The lowest BCUT2D eigenvalue weighted by atomic mass is 9.96. The summed E-state index contributed by atoms with van der Waals surface area (Å²) in [4.78, 5) is 11.4. The first-order chi connectivity index (χ1) is 11.7. The highest BCUT2D eigenvalue weighted by atomic mass is 16.6. The lowest BCUT2D eigenvalue weighted by Crippen LogP contribution is -2.08. The minimum absolute atomic E-state index is 0.0289. The van der Waals surface area contributed by atoms with Crippen LogP contribution in [0.1, 0.15) is 49.5 Å². The molecule has 1 aromatic carbocycles. The summed E-state index contributed by atoms with van der Waals surface area (Å²) in [6.07, 6.45) is 7.14. The lowest BCUT2D eigenvalue weighted by molar-refractivity contribution is -0.142. The fourth-order valence-corrected chi connectivity index (χ4v) is 2.47. The first-order valence-corrected chi connectivity index (χ1v) is 8.46. The van der Waals surface area contributed by atoms with Gasteiger partial charge in [-0.2, -0.15) is 0 Å². The zero-order chi connectivity index (χ0) is 17.4. The minimum Gasteiger partial charge on any atom is -0.466 e. The van der Waals surface area contributed by atoms with E-state index in [1.807, 2.05) is 44.2 Å². The van der Waals surface area contributed by atoms with E-state index >= 15 is 0 Å². The summed E-state index contributed by atoms with van der Waals surface area (Å²) in [6.45, 7) is 9.57. The summed E-state index contributed by atoms with van der Waals surface area (Å²) in [5.74, 6) is -0.166. The summed E-state index contributed by atoms with van der Waals surface area (Å²) < 4.78 is 16.0. The number of rotatable bonds is 10. The van der Waals surface area contributed by atoms with Crippen LogP contribution in [0.5, 0.6) is 0 Å². The molecule has 0 unspecified atom stereocenters. The Kier molecular flexibility index (Phi) is 7.22. The number of hydrogen-bond donors (Lipinski definition) is 0. The molecule has 0 spiro atoms. The van der Waals surface area contributed by atoms with Crippen LogP contribution in [0.4, 0.5) is 0 Å². The van der Waals surface area contributed by atoms with Crippen molar-refractivity contribution in [1.29, 1.82) is 0 Å². The highest BCUT2D eigenvalue weighted by Gasteiger charge is 2.24. The van der Waals surface area contributed by atoms with E-state index in [-0.39, 0.29) is 18.2 Å². The van der Waals surface area contributed by atoms with Crippen molar-refractivity contribution in [2.75, 3.05) is 19.8 Å². The van der Waals surface area contributed by atoms with Crippen LogP contribution in [-0.4, -0.2) is 31.9 Å². The van der Waals surface area contributed by atoms with E-state index in [9.17, 15) is 4.79 Å². The third kappa shape index (κ3) is 5.62. The number of benzene rings is 1. The fraction of sp³-hybridized carbons (Fsp3) is 0.450. The average molecular weight is 330 g/mol. The Bertz CT molecular complexity index is 587. The third-order valence-electron chi connectivity index (χ3n) is 3.87. The Morgan fingerprint density at radius 1 is 1.50 bits per heavy atom. The molecule has 1 aliphatic heterocycles. The van der Waals surface area contributed by atoms with Gasteiger partial charge in [0.25, 0.3) is 0 Å². The zero-order valence-electron chi connectivity index (χ0n) is 14.5. The highest BCUT2D eigenvalue weighted by molar-refractivity contribution is 5.70. The van der Waals surface area contributed by atoms with Gasteiger partial charge in [-0.25, -0.2) is 0 Å². The molecule has 0 saturated carbocycles. The van der Waals surface area contributed by atoms with E-state index in [4.69, 9.17) is 14.2 Å². The lowest BCUT2D eigenvalue weighted by Gasteiger charge is -2.17. The Hall–Kier alpha value is -1.91. The number of carbonyl (C=O) groups is 1. The topological polar surface area (TPSA) is 48.1 Å². The van der Waals surface area contributed by atoms with Gasteiger partial charge in [0.05, 0.1) is 25.9 Å². The van der Waals surface area contributed by atoms with Crippen LogP contribution in [-0.2, 0) is 19.0 Å². The maximum absolute atomic E-state index is 11.4. The molecule has 4 nitrogen and oxygen atoms in total. The molecule has 130 valence electrons. The van der Waals surface area contributed by atoms with Gasteiger partial charge in [-0.15, -0.1) is 0 Å². The van der Waals surface area contributed by atoms with Crippen molar-refractivity contribution in [3.05, 3.63) is 47.5 Å². The maximum Gasteiger partial charge on any atom is 0.306 e. The van der Waals surface area contributed by atoms with E-state index < -0.39 is 0 Å². The number of hydrogen-bond acceptors (Lipinski definition) is 4. The standard InChI is InChI=1S/C20H26O4/c1-4-16-9-8-11-18(15(3)23-13-17-14-24-17)19(16)10-6-7-12-20(21)22-5-2/h4,6,8-11,15,17H,1,5,7,12-14H2,2-3H3/b10-6+/t15-,17+/m1/s1. The summed E-state index contributed by atoms with van der Waals surface area (Å²) in [6, 6.07) is 6.10. The Labute approximate surface area is 144 Å². The first kappa shape index (κ1) is 18.4. The Balaban J connectivity index is 2.04. The molecule has 2 atom stereocenters. The molecule has 0 radical (unpaired) electrons. The van der Waals surface area contributed by atoms with Gasteiger partial charge in [0.1, 0.15) is 6.10 Å². The van der Waals surface area contributed by atoms with Crippen LogP contribution < -0.4 is 0 Å². The smallest absolute Gasteiger partial charge is 0.306 e. The average Bonchev–Trinajstić information content (AvgIpc) is 3.41. The van der Waals surface area contributed by atoms with Crippen LogP contribution in [0.25, 0.3) is 12.2 Å². The predicted molar refractivity (Wildman–Crippen MR) is 95.5 cm³/mol. The van der Waals surface area contributed by atoms with Gasteiger partial charge in [0.15, 0.2) is 0 Å². The van der Waals surface area contributed by atoms with Gasteiger partial charge >= 0.3 is 5.97 Å². The van der Waals surface area contributed by atoms with E-state index in [0.29, 0.717) is 26.1 Å². The van der Waals surface area contributed by atoms with Crippen molar-refractivity contribution in [2.45, 2.75) is 38.9 Å². The molecular formula is C20H26O4. The minimum atomic E-state index is -0.166. The molecule has 1 saturated heterocycles. The van der Waals surface area contributed by atoms with Crippen LogP contribution in [0.15, 0.2) is 30.9 Å². The second-order valence-corrected chi connectivity index (χ2v) is 5.73. The first-order valence-electron chi connectivity index (χ1n) is 8.46. The van der Waals surface area contributed by atoms with Crippen molar-refractivity contribution < 1.29 is 19.0 Å². The number of allylic oxidation sites excluding steroid dienone is 1. The highest BCUT2D eigenvalue weighted by Crippen LogP contribution is 2.27. The van der Waals surface area contributed by atoms with E-state index in [1.54, 1.807) is 0 Å². The molecule has 0 amide bonds. The second-order valence-electron chi connectivity index (χ2n) is 5.73. The fourth-order valence-electron chi connectivity index (χ4n) is 2.47. The molecule has 1 fully saturated rings. The summed E-state index contributed by atoms with van der Waals surface area (Å²) in [5, 5.41) is 0. The third-order valence-corrected chi connectivity index (χ3v) is 3.87. The SMILES string of the molecule is C=Cc1cccc([C@@H](C)OC[C@H]2CO2)c1/C=C/CCC(=O)OCC. The quantitative estimate of drug-likeness (QED) is 0.477. The van der Waals surface area contributed by atoms with E-state index in [0.717, 1.165) is 23.3 Å². The van der Waals surface area contributed by atoms with Gasteiger partial charge < -0.3 is 14.2 Å². The summed E-state index contributed by atoms with van der Waals surface area (Å²) in [5.41, 5.74) is 3.25. The van der Waals surface area contributed by atoms with Crippen molar-refractivity contribution in [3.8, 4) is 0 Å². The number of carbonyl (C=O) groups excluding carboxylic acids is 1. The normalized spacial score (nSPS) is 17.7. The van der Waals surface area contributed by atoms with Gasteiger partial charge in [0, 0.05) is 6.42 Å². The van der Waals surface area contributed by atoms with Crippen LogP contribution in [0, 0.1) is 0 Å². The predicted octanol–water partition coefficient (Wildman–Crippen LogP) is 4.16. The largest absolute Gasteiger partial charge is 0.466 e.